The summed E-state index contributed by atoms with van der Waals surface area (Å²) < 4.78 is 2.28. The zero-order valence-corrected chi connectivity index (χ0v) is 23.3. The van der Waals surface area contributed by atoms with E-state index < -0.39 is 9.52 Å². The average molecular weight is 499 g/mol. The van der Waals surface area contributed by atoms with Crippen LogP contribution in [0.15, 0.2) is 152 Å². The van der Waals surface area contributed by atoms with Crippen LogP contribution in [-0.2, 0) is 5.16 Å². The predicted molar refractivity (Wildman–Crippen MR) is 163 cm³/mol. The summed E-state index contributed by atoms with van der Waals surface area (Å²) >= 11 is 0. The maximum Gasteiger partial charge on any atom is 0.116 e. The molecule has 0 fully saturated rings. The van der Waals surface area contributed by atoms with Crippen LogP contribution < -0.4 is 0 Å². The molecule has 0 amide bonds. The van der Waals surface area contributed by atoms with Crippen molar-refractivity contribution in [1.29, 1.82) is 0 Å². The molecular formula is C33H35BN2Si. The van der Waals surface area contributed by atoms with Gasteiger partial charge in [0, 0.05) is 12.4 Å². The second-order valence-electron chi connectivity index (χ2n) is 9.56. The Morgan fingerprint density at radius 1 is 0.784 bits per heavy atom. The van der Waals surface area contributed by atoms with Crippen LogP contribution in [-0.4, -0.2) is 26.9 Å². The van der Waals surface area contributed by atoms with Gasteiger partial charge in [0.05, 0.1) is 21.0 Å². The summed E-state index contributed by atoms with van der Waals surface area (Å²) in [6.45, 7) is 6.26. The summed E-state index contributed by atoms with van der Waals surface area (Å²) in [7, 11) is 1.67. The van der Waals surface area contributed by atoms with Crippen molar-refractivity contribution in [3.63, 3.8) is 0 Å². The number of aromatic nitrogens is 2. The van der Waals surface area contributed by atoms with E-state index in [1.54, 1.807) is 0 Å². The minimum atomic E-state index is -0.571. The molecule has 0 bridgehead atoms. The molecule has 0 saturated heterocycles. The largest absolute Gasteiger partial charge is 0.327 e. The highest BCUT2D eigenvalue weighted by atomic mass is 28.2. The molecule has 0 aliphatic heterocycles. The van der Waals surface area contributed by atoms with E-state index in [0.717, 1.165) is 6.04 Å². The Morgan fingerprint density at radius 2 is 1.22 bits per heavy atom. The maximum atomic E-state index is 4.33. The van der Waals surface area contributed by atoms with Crippen molar-refractivity contribution in [3.05, 3.63) is 174 Å². The smallest absolute Gasteiger partial charge is 0.116 e. The first-order valence-electron chi connectivity index (χ1n) is 12.9. The molecule has 37 heavy (non-hydrogen) atoms. The molecule has 5 aromatic rings. The molecule has 184 valence electrons. The summed E-state index contributed by atoms with van der Waals surface area (Å²) in [6, 6.07) is 43.9. The second-order valence-corrected chi connectivity index (χ2v) is 11.6. The second kappa shape index (κ2) is 12.9. The van der Waals surface area contributed by atoms with Crippen molar-refractivity contribution >= 4 is 17.4 Å². The number of rotatable bonds is 8. The normalized spacial score (nSPS) is 11.3. The van der Waals surface area contributed by atoms with Crippen LogP contribution in [0.3, 0.4) is 0 Å². The molecule has 0 N–H and O–H groups in total. The van der Waals surface area contributed by atoms with Crippen molar-refractivity contribution in [1.82, 2.24) is 9.55 Å². The third-order valence-electron chi connectivity index (χ3n) is 6.96. The first kappa shape index (κ1) is 26.2. The summed E-state index contributed by atoms with van der Waals surface area (Å²) in [4.78, 5) is 4.33. The van der Waals surface area contributed by atoms with E-state index in [1.807, 2.05) is 12.5 Å². The lowest BCUT2D eigenvalue weighted by molar-refractivity contribution is 0.592. The number of imidazole rings is 1. The Kier molecular flexibility index (Phi) is 9.12. The molecule has 1 heterocycles. The Labute approximate surface area is 225 Å². The van der Waals surface area contributed by atoms with E-state index in [4.69, 9.17) is 0 Å². The quantitative estimate of drug-likeness (QED) is 0.184. The standard InChI is InChI=1S/C20H22N2Si.C13H13B/c1-17(2)15-23-20(22-14-13-21-16-22,18-9-5-3-6-10-18)19-11-7-4-8-12-19;14-13(11-7-3-1-4-8-11)12-9-5-2-6-10-12/h3-14,16H,1,15,23H2,2H3;1-10,13H,14H2. The van der Waals surface area contributed by atoms with Crippen LogP contribution in [0.5, 0.6) is 0 Å². The molecule has 0 aliphatic carbocycles. The Morgan fingerprint density at radius 3 is 1.59 bits per heavy atom. The molecule has 0 atom stereocenters. The third kappa shape index (κ3) is 6.46. The van der Waals surface area contributed by atoms with Gasteiger partial charge in [0.15, 0.2) is 0 Å². The van der Waals surface area contributed by atoms with Gasteiger partial charge in [-0.2, -0.15) is 0 Å². The highest BCUT2D eigenvalue weighted by Crippen LogP contribution is 2.34. The lowest BCUT2D eigenvalue weighted by Crippen LogP contribution is -2.41. The van der Waals surface area contributed by atoms with Crippen LogP contribution in [0.1, 0.15) is 35.0 Å². The van der Waals surface area contributed by atoms with E-state index in [2.05, 4.69) is 158 Å². The molecule has 0 spiro atoms. The van der Waals surface area contributed by atoms with Gasteiger partial charge in [-0.05, 0) is 41.0 Å². The summed E-state index contributed by atoms with van der Waals surface area (Å²) in [5.74, 6) is 0.484. The summed E-state index contributed by atoms with van der Waals surface area (Å²) in [5, 5.41) is -0.127. The van der Waals surface area contributed by atoms with Crippen LogP contribution in [0.2, 0.25) is 6.04 Å². The minimum Gasteiger partial charge on any atom is -0.327 e. The summed E-state index contributed by atoms with van der Waals surface area (Å²) in [6.07, 6.45) is 5.91. The average Bonchev–Trinajstić information content (AvgIpc) is 3.51. The monoisotopic (exact) mass is 498 g/mol. The van der Waals surface area contributed by atoms with Gasteiger partial charge in [-0.15, -0.1) is 6.58 Å². The topological polar surface area (TPSA) is 17.8 Å². The van der Waals surface area contributed by atoms with Crippen molar-refractivity contribution in [2.24, 2.45) is 0 Å². The van der Waals surface area contributed by atoms with Gasteiger partial charge in [0.1, 0.15) is 7.85 Å². The Hall–Kier alpha value is -3.89. The Bertz CT molecular complexity index is 1260. The highest BCUT2D eigenvalue weighted by Gasteiger charge is 2.35. The minimum absolute atomic E-state index is 0.127. The van der Waals surface area contributed by atoms with Crippen molar-refractivity contribution in [2.75, 3.05) is 0 Å². The van der Waals surface area contributed by atoms with Gasteiger partial charge in [0.2, 0.25) is 0 Å². The molecule has 0 aliphatic rings. The van der Waals surface area contributed by atoms with Gasteiger partial charge in [-0.3, -0.25) is 0 Å². The summed E-state index contributed by atoms with van der Waals surface area (Å²) in [5.41, 5.74) is 6.67. The predicted octanol–water partition coefficient (Wildman–Crippen LogP) is 6.20. The van der Waals surface area contributed by atoms with Gasteiger partial charge < -0.3 is 4.57 Å². The fraction of sp³-hybridized carbons (Fsp3) is 0.121. The first-order valence-corrected chi connectivity index (χ1v) is 14.7. The number of benzene rings is 4. The third-order valence-corrected chi connectivity index (χ3v) is 9.97. The van der Waals surface area contributed by atoms with Crippen LogP contribution in [0, 0.1) is 0 Å². The lowest BCUT2D eigenvalue weighted by atomic mass is 9.76. The molecule has 1 aromatic heterocycles. The fourth-order valence-corrected chi connectivity index (χ4v) is 7.15. The molecule has 2 nitrogen and oxygen atoms in total. The van der Waals surface area contributed by atoms with E-state index in [1.165, 1.54) is 27.8 Å². The van der Waals surface area contributed by atoms with E-state index in [9.17, 15) is 0 Å². The maximum absolute atomic E-state index is 4.33. The van der Waals surface area contributed by atoms with Gasteiger partial charge in [0.25, 0.3) is 0 Å². The van der Waals surface area contributed by atoms with Gasteiger partial charge >= 0.3 is 0 Å². The van der Waals surface area contributed by atoms with E-state index in [-0.39, 0.29) is 5.16 Å². The lowest BCUT2D eigenvalue weighted by Gasteiger charge is -2.37. The van der Waals surface area contributed by atoms with Crippen LogP contribution in [0.4, 0.5) is 0 Å². The highest BCUT2D eigenvalue weighted by molar-refractivity contribution is 6.42. The molecule has 4 aromatic carbocycles. The molecule has 4 heteroatoms. The number of allylic oxidation sites excluding steroid dienone is 1. The molecule has 0 unspecified atom stereocenters. The number of hydrogen-bond donors (Lipinski definition) is 0. The number of hydrogen-bond acceptors (Lipinski definition) is 1. The van der Waals surface area contributed by atoms with Gasteiger partial charge in [-0.25, -0.2) is 4.98 Å². The van der Waals surface area contributed by atoms with E-state index in [0.29, 0.717) is 5.82 Å². The molecule has 0 radical (unpaired) electrons. The molecule has 0 saturated carbocycles. The van der Waals surface area contributed by atoms with Crippen LogP contribution >= 0.6 is 0 Å². The molecule has 5 rings (SSSR count). The number of nitrogens with zero attached hydrogens (tertiary/aromatic N) is 2. The molecular weight excluding hydrogens is 463 g/mol. The van der Waals surface area contributed by atoms with Crippen molar-refractivity contribution in [2.45, 2.75) is 23.9 Å². The van der Waals surface area contributed by atoms with Gasteiger partial charge in [-0.1, -0.05) is 127 Å². The van der Waals surface area contributed by atoms with Crippen molar-refractivity contribution in [3.8, 4) is 0 Å². The zero-order valence-electron chi connectivity index (χ0n) is 21.9. The van der Waals surface area contributed by atoms with E-state index >= 15 is 0 Å². The first-order chi connectivity index (χ1) is 18.1. The zero-order chi connectivity index (χ0) is 25.9. The van der Waals surface area contributed by atoms with Crippen LogP contribution in [0.25, 0.3) is 0 Å². The Balaban J connectivity index is 0.000000195. The van der Waals surface area contributed by atoms with Crippen molar-refractivity contribution < 1.29 is 0 Å². The SMILES string of the molecule is BC(c1ccccc1)c1ccccc1.C=C(C)C[SiH2]C(c1ccccc1)(c1ccccc1)n1ccnc1. The fourth-order valence-electron chi connectivity index (χ4n) is 4.87.